The van der Waals surface area contributed by atoms with Gasteiger partial charge in [0.05, 0.1) is 0 Å². The zero-order valence-electron chi connectivity index (χ0n) is 13.0. The summed E-state index contributed by atoms with van der Waals surface area (Å²) in [6, 6.07) is 0.781. The van der Waals surface area contributed by atoms with E-state index in [-0.39, 0.29) is 11.8 Å². The molecule has 1 heterocycles. The molecule has 1 amide bonds. The molecule has 2 rings (SSSR count). The van der Waals surface area contributed by atoms with E-state index in [1.54, 1.807) is 0 Å². The van der Waals surface area contributed by atoms with Crippen molar-refractivity contribution in [1.29, 1.82) is 0 Å². The Morgan fingerprint density at radius 1 is 1.15 bits per heavy atom. The second-order valence-electron chi connectivity index (χ2n) is 6.44. The fraction of sp³-hybridized carbons (Fsp3) is 0.938. The molecule has 0 radical (unpaired) electrons. The van der Waals surface area contributed by atoms with E-state index < -0.39 is 0 Å². The van der Waals surface area contributed by atoms with Crippen molar-refractivity contribution in [3.05, 3.63) is 0 Å². The van der Waals surface area contributed by atoms with E-state index in [0.717, 1.165) is 51.5 Å². The third kappa shape index (κ3) is 5.06. The maximum absolute atomic E-state index is 12.0. The number of rotatable bonds is 6. The molecule has 0 aromatic carbocycles. The summed E-state index contributed by atoms with van der Waals surface area (Å²) >= 11 is 0. The Morgan fingerprint density at radius 3 is 2.55 bits per heavy atom. The Balaban J connectivity index is 1.55. The van der Waals surface area contributed by atoms with Gasteiger partial charge in [-0.1, -0.05) is 19.3 Å². The maximum atomic E-state index is 12.0. The Labute approximate surface area is 123 Å². The van der Waals surface area contributed by atoms with Crippen molar-refractivity contribution < 1.29 is 4.79 Å². The molecule has 1 saturated heterocycles. The Kier molecular flexibility index (Phi) is 6.80. The van der Waals surface area contributed by atoms with Gasteiger partial charge in [-0.05, 0) is 58.8 Å². The first-order chi connectivity index (χ1) is 9.77. The van der Waals surface area contributed by atoms with Gasteiger partial charge in [-0.3, -0.25) is 4.79 Å². The van der Waals surface area contributed by atoms with Crippen LogP contribution in [0.1, 0.15) is 51.4 Å². The highest BCUT2D eigenvalue weighted by molar-refractivity contribution is 5.78. The van der Waals surface area contributed by atoms with E-state index in [2.05, 4.69) is 22.6 Å². The van der Waals surface area contributed by atoms with E-state index in [4.69, 9.17) is 0 Å². The fourth-order valence-corrected chi connectivity index (χ4v) is 3.47. The van der Waals surface area contributed by atoms with Crippen LogP contribution >= 0.6 is 0 Å². The zero-order valence-corrected chi connectivity index (χ0v) is 13.0. The van der Waals surface area contributed by atoms with Crippen LogP contribution in [0, 0.1) is 5.92 Å². The summed E-state index contributed by atoms with van der Waals surface area (Å²) in [5.74, 6) is 0.513. The molecule has 116 valence electrons. The van der Waals surface area contributed by atoms with Crippen molar-refractivity contribution in [2.24, 2.45) is 5.92 Å². The number of amides is 1. The van der Waals surface area contributed by atoms with Crippen LogP contribution in [0.15, 0.2) is 0 Å². The number of nitrogens with zero attached hydrogens (tertiary/aromatic N) is 1. The lowest BCUT2D eigenvalue weighted by Gasteiger charge is -2.31. The molecule has 0 aromatic heterocycles. The summed E-state index contributed by atoms with van der Waals surface area (Å²) in [5, 5.41) is 6.42. The van der Waals surface area contributed by atoms with Gasteiger partial charge in [0.2, 0.25) is 5.91 Å². The number of nitrogens with one attached hydrogen (secondary N) is 2. The molecule has 0 atom stereocenters. The van der Waals surface area contributed by atoms with Gasteiger partial charge < -0.3 is 15.5 Å². The van der Waals surface area contributed by atoms with Crippen LogP contribution in [0.5, 0.6) is 0 Å². The van der Waals surface area contributed by atoms with Crippen LogP contribution in [0.3, 0.4) is 0 Å². The topological polar surface area (TPSA) is 44.4 Å². The van der Waals surface area contributed by atoms with Gasteiger partial charge in [-0.25, -0.2) is 0 Å². The molecular weight excluding hydrogens is 250 g/mol. The first-order valence-electron chi connectivity index (χ1n) is 8.46. The molecule has 1 saturated carbocycles. The largest absolute Gasteiger partial charge is 0.356 e. The molecule has 4 nitrogen and oxygen atoms in total. The summed E-state index contributed by atoms with van der Waals surface area (Å²) in [6.07, 6.45) is 9.97. The Bertz CT molecular complexity index is 283. The van der Waals surface area contributed by atoms with Crippen LogP contribution in [-0.2, 0) is 4.79 Å². The van der Waals surface area contributed by atoms with Gasteiger partial charge in [0.1, 0.15) is 0 Å². The number of carbonyl (C=O) groups is 1. The third-order valence-corrected chi connectivity index (χ3v) is 4.89. The van der Waals surface area contributed by atoms with Crippen molar-refractivity contribution in [3.63, 3.8) is 0 Å². The van der Waals surface area contributed by atoms with Gasteiger partial charge in [-0.15, -0.1) is 0 Å². The maximum Gasteiger partial charge on any atom is 0.223 e. The minimum atomic E-state index is 0.243. The second kappa shape index (κ2) is 8.63. The molecule has 2 aliphatic rings. The summed E-state index contributed by atoms with van der Waals surface area (Å²) in [5.41, 5.74) is 0. The number of hydrogen-bond donors (Lipinski definition) is 2. The van der Waals surface area contributed by atoms with Crippen molar-refractivity contribution in [1.82, 2.24) is 15.5 Å². The molecular formula is C16H31N3O. The molecule has 1 aliphatic heterocycles. The smallest absolute Gasteiger partial charge is 0.223 e. The van der Waals surface area contributed by atoms with Crippen molar-refractivity contribution >= 4 is 5.91 Å². The molecule has 1 aliphatic carbocycles. The Hall–Kier alpha value is -0.610. The van der Waals surface area contributed by atoms with E-state index in [1.165, 1.54) is 32.1 Å². The summed E-state index contributed by atoms with van der Waals surface area (Å²) in [4.78, 5) is 14.5. The van der Waals surface area contributed by atoms with Crippen LogP contribution in [0.25, 0.3) is 0 Å². The predicted octanol–water partition coefficient (Wildman–Crippen LogP) is 1.76. The number of carbonyl (C=O) groups excluding carboxylic acids is 1. The summed E-state index contributed by atoms with van der Waals surface area (Å²) < 4.78 is 0. The summed E-state index contributed by atoms with van der Waals surface area (Å²) in [6.45, 7) is 3.92. The molecule has 2 N–H and O–H groups in total. The van der Waals surface area contributed by atoms with Gasteiger partial charge >= 0.3 is 0 Å². The highest BCUT2D eigenvalue weighted by atomic mass is 16.1. The lowest BCUT2D eigenvalue weighted by atomic mass is 9.94. The van der Waals surface area contributed by atoms with E-state index in [9.17, 15) is 4.79 Å². The number of hydrogen-bond acceptors (Lipinski definition) is 3. The van der Waals surface area contributed by atoms with E-state index in [0.29, 0.717) is 0 Å². The van der Waals surface area contributed by atoms with Gasteiger partial charge in [0, 0.05) is 18.5 Å². The van der Waals surface area contributed by atoms with Crippen LogP contribution in [-0.4, -0.2) is 50.1 Å². The highest BCUT2D eigenvalue weighted by Crippen LogP contribution is 2.21. The lowest BCUT2D eigenvalue weighted by molar-refractivity contribution is -0.125. The molecule has 4 heteroatoms. The van der Waals surface area contributed by atoms with Crippen LogP contribution < -0.4 is 10.6 Å². The van der Waals surface area contributed by atoms with Crippen molar-refractivity contribution in [3.8, 4) is 0 Å². The molecule has 0 spiro atoms. The number of piperidine rings is 1. The van der Waals surface area contributed by atoms with E-state index in [1.807, 2.05) is 0 Å². The summed E-state index contributed by atoms with van der Waals surface area (Å²) in [7, 11) is 2.24. The monoisotopic (exact) mass is 281 g/mol. The first-order valence-corrected chi connectivity index (χ1v) is 8.46. The van der Waals surface area contributed by atoms with Crippen LogP contribution in [0.4, 0.5) is 0 Å². The average Bonchev–Trinajstić information content (AvgIpc) is 2.53. The first kappa shape index (κ1) is 15.8. The standard InChI is InChI=1S/C16H31N3O/c1-19(15-6-3-2-4-7-15)13-5-10-18-16(20)14-8-11-17-12-9-14/h14-15,17H,2-13H2,1H3,(H,18,20). The zero-order chi connectivity index (χ0) is 14.2. The fourth-order valence-electron chi connectivity index (χ4n) is 3.47. The van der Waals surface area contributed by atoms with Gasteiger partial charge in [0.25, 0.3) is 0 Å². The molecule has 0 aromatic rings. The van der Waals surface area contributed by atoms with Crippen molar-refractivity contribution in [2.75, 3.05) is 33.2 Å². The van der Waals surface area contributed by atoms with Gasteiger partial charge in [-0.2, -0.15) is 0 Å². The molecule has 20 heavy (non-hydrogen) atoms. The van der Waals surface area contributed by atoms with E-state index >= 15 is 0 Å². The molecule has 2 fully saturated rings. The lowest BCUT2D eigenvalue weighted by Crippen LogP contribution is -2.39. The Morgan fingerprint density at radius 2 is 1.85 bits per heavy atom. The normalized spacial score (nSPS) is 22.1. The van der Waals surface area contributed by atoms with Crippen molar-refractivity contribution in [2.45, 2.75) is 57.4 Å². The SMILES string of the molecule is CN(CCCNC(=O)C1CCNCC1)C1CCCCC1. The minimum Gasteiger partial charge on any atom is -0.356 e. The third-order valence-electron chi connectivity index (χ3n) is 4.89. The van der Waals surface area contributed by atoms with Crippen LogP contribution in [0.2, 0.25) is 0 Å². The predicted molar refractivity (Wildman–Crippen MR) is 82.7 cm³/mol. The minimum absolute atomic E-state index is 0.243. The average molecular weight is 281 g/mol. The molecule has 0 unspecified atom stereocenters. The second-order valence-corrected chi connectivity index (χ2v) is 6.44. The molecule has 0 bridgehead atoms. The van der Waals surface area contributed by atoms with Gasteiger partial charge in [0.15, 0.2) is 0 Å². The highest BCUT2D eigenvalue weighted by Gasteiger charge is 2.20. The quantitative estimate of drug-likeness (QED) is 0.729.